The smallest absolute Gasteiger partial charge is 0.155 e. The molecule has 0 unspecified atom stereocenters. The normalized spacial score (nSPS) is 12.7. The zero-order valence-electron chi connectivity index (χ0n) is 7.98. The van der Waals surface area contributed by atoms with Crippen molar-refractivity contribution in [1.82, 2.24) is 19.7 Å². The minimum absolute atomic E-state index is 0.0929. The van der Waals surface area contributed by atoms with E-state index < -0.39 is 0 Å². The topological polar surface area (TPSA) is 89.8 Å². The first-order valence-electron chi connectivity index (χ1n) is 4.48. The molecule has 3 N–H and O–H groups in total. The number of nitrogens with zero attached hydrogens (tertiary/aromatic N) is 4. The quantitative estimate of drug-likeness (QED) is 0.715. The van der Waals surface area contributed by atoms with Gasteiger partial charge in [0.2, 0.25) is 0 Å². The molecule has 15 heavy (non-hydrogen) atoms. The Hall–Kier alpha value is -1.79. The molecule has 0 bridgehead atoms. The lowest BCUT2D eigenvalue weighted by Crippen LogP contribution is -2.14. The monoisotopic (exact) mass is 205 g/mol. The Labute approximate surface area is 86.4 Å². The Morgan fingerprint density at radius 3 is 2.87 bits per heavy atom. The number of pyridine rings is 1. The van der Waals surface area contributed by atoms with E-state index in [2.05, 4.69) is 15.1 Å². The van der Waals surface area contributed by atoms with E-state index in [9.17, 15) is 0 Å². The number of rotatable bonds is 3. The molecule has 0 saturated heterocycles. The number of aliphatic hydroxyl groups excluding tert-OH is 1. The molecule has 6 nitrogen and oxygen atoms in total. The molecular formula is C9H11N5O. The fourth-order valence-corrected chi connectivity index (χ4v) is 1.18. The molecule has 2 aromatic heterocycles. The van der Waals surface area contributed by atoms with Crippen LogP contribution < -0.4 is 5.73 Å². The van der Waals surface area contributed by atoms with Crippen LogP contribution in [0.5, 0.6) is 0 Å². The maximum Gasteiger partial charge on any atom is 0.155 e. The summed E-state index contributed by atoms with van der Waals surface area (Å²) in [4.78, 5) is 7.98. The van der Waals surface area contributed by atoms with Gasteiger partial charge >= 0.3 is 0 Å². The summed E-state index contributed by atoms with van der Waals surface area (Å²) in [6.07, 6.45) is 4.63. The van der Waals surface area contributed by atoms with E-state index in [1.54, 1.807) is 23.3 Å². The van der Waals surface area contributed by atoms with Gasteiger partial charge in [0.1, 0.15) is 12.7 Å². The molecule has 0 aromatic carbocycles. The van der Waals surface area contributed by atoms with Crippen LogP contribution in [0.1, 0.15) is 11.6 Å². The second-order valence-corrected chi connectivity index (χ2v) is 3.08. The van der Waals surface area contributed by atoms with E-state index >= 15 is 0 Å². The van der Waals surface area contributed by atoms with Crippen molar-refractivity contribution >= 4 is 0 Å². The van der Waals surface area contributed by atoms with Gasteiger partial charge in [-0.25, -0.2) is 14.6 Å². The second-order valence-electron chi connectivity index (χ2n) is 3.08. The van der Waals surface area contributed by atoms with Crippen LogP contribution in [0.15, 0.2) is 31.0 Å². The summed E-state index contributed by atoms with van der Waals surface area (Å²) >= 11 is 0. The summed E-state index contributed by atoms with van der Waals surface area (Å²) in [7, 11) is 0. The van der Waals surface area contributed by atoms with Gasteiger partial charge in [0, 0.05) is 6.20 Å². The van der Waals surface area contributed by atoms with Crippen LogP contribution in [-0.4, -0.2) is 31.5 Å². The van der Waals surface area contributed by atoms with Crippen molar-refractivity contribution in [2.24, 2.45) is 5.73 Å². The zero-order valence-corrected chi connectivity index (χ0v) is 7.98. The lowest BCUT2D eigenvalue weighted by molar-refractivity contribution is 0.268. The lowest BCUT2D eigenvalue weighted by atomic mass is 10.1. The predicted octanol–water partition coefficient (Wildman–Crippen LogP) is -0.346. The molecule has 0 aliphatic carbocycles. The summed E-state index contributed by atoms with van der Waals surface area (Å²) in [6.45, 7) is -0.0929. The maximum absolute atomic E-state index is 8.86. The molecule has 0 fully saturated rings. The van der Waals surface area contributed by atoms with Crippen molar-refractivity contribution in [3.8, 4) is 5.82 Å². The highest BCUT2D eigenvalue weighted by Gasteiger charge is 2.05. The molecule has 1 atom stereocenters. The van der Waals surface area contributed by atoms with E-state index in [1.807, 2.05) is 6.07 Å². The minimum atomic E-state index is -0.387. The first-order valence-corrected chi connectivity index (χ1v) is 4.48. The Morgan fingerprint density at radius 1 is 1.47 bits per heavy atom. The standard InChI is InChI=1S/C9H11N5O/c10-8(4-15)7-1-2-9(12-3-7)14-6-11-5-13-14/h1-3,5-6,8,15H,4,10H2/t8-/m0/s1. The van der Waals surface area contributed by atoms with Crippen LogP contribution in [0, 0.1) is 0 Å². The molecule has 0 aliphatic rings. The van der Waals surface area contributed by atoms with Gasteiger partial charge in [0.15, 0.2) is 5.82 Å². The third kappa shape index (κ3) is 2.00. The molecule has 0 aliphatic heterocycles. The third-order valence-electron chi connectivity index (χ3n) is 2.05. The molecule has 2 rings (SSSR count). The Kier molecular flexibility index (Phi) is 2.70. The van der Waals surface area contributed by atoms with Gasteiger partial charge in [-0.2, -0.15) is 5.10 Å². The number of nitrogens with two attached hydrogens (primary N) is 1. The van der Waals surface area contributed by atoms with Crippen LogP contribution in [0.25, 0.3) is 5.82 Å². The molecule has 0 radical (unpaired) electrons. The van der Waals surface area contributed by atoms with E-state index in [-0.39, 0.29) is 12.6 Å². The number of hydrogen-bond acceptors (Lipinski definition) is 5. The maximum atomic E-state index is 8.86. The fourth-order valence-electron chi connectivity index (χ4n) is 1.18. The first-order chi connectivity index (χ1) is 7.31. The molecule has 0 saturated carbocycles. The van der Waals surface area contributed by atoms with Gasteiger partial charge in [-0.05, 0) is 11.6 Å². The Morgan fingerprint density at radius 2 is 2.33 bits per heavy atom. The highest BCUT2D eigenvalue weighted by Crippen LogP contribution is 2.09. The van der Waals surface area contributed by atoms with Crippen LogP contribution in [0.4, 0.5) is 0 Å². The fraction of sp³-hybridized carbons (Fsp3) is 0.222. The average molecular weight is 205 g/mol. The summed E-state index contributed by atoms with van der Waals surface area (Å²) in [6, 6.07) is 3.20. The molecule has 2 heterocycles. The van der Waals surface area contributed by atoms with Gasteiger partial charge in [0.25, 0.3) is 0 Å². The van der Waals surface area contributed by atoms with Crippen molar-refractivity contribution in [2.75, 3.05) is 6.61 Å². The molecule has 2 aromatic rings. The first kappa shape index (κ1) is 9.75. The van der Waals surface area contributed by atoms with Crippen LogP contribution in [-0.2, 0) is 0 Å². The number of hydrogen-bond donors (Lipinski definition) is 2. The molecule has 0 spiro atoms. The highest BCUT2D eigenvalue weighted by molar-refractivity contribution is 5.25. The van der Waals surface area contributed by atoms with Crippen molar-refractivity contribution in [3.63, 3.8) is 0 Å². The summed E-state index contributed by atoms with van der Waals surface area (Å²) < 4.78 is 1.55. The van der Waals surface area contributed by atoms with Gasteiger partial charge in [-0.15, -0.1) is 0 Å². The summed E-state index contributed by atoms with van der Waals surface area (Å²) in [5, 5.41) is 12.8. The largest absolute Gasteiger partial charge is 0.394 e. The third-order valence-corrected chi connectivity index (χ3v) is 2.05. The Balaban J connectivity index is 2.25. The lowest BCUT2D eigenvalue weighted by Gasteiger charge is -2.08. The predicted molar refractivity (Wildman–Crippen MR) is 53.2 cm³/mol. The molecule has 6 heteroatoms. The summed E-state index contributed by atoms with van der Waals surface area (Å²) in [5.74, 6) is 0.668. The average Bonchev–Trinajstić information content (AvgIpc) is 2.82. The van der Waals surface area contributed by atoms with E-state index in [4.69, 9.17) is 10.8 Å². The molecular weight excluding hydrogens is 194 g/mol. The Bertz CT molecular complexity index is 411. The number of aromatic nitrogens is 4. The molecule has 78 valence electrons. The van der Waals surface area contributed by atoms with Gasteiger partial charge in [-0.3, -0.25) is 0 Å². The SMILES string of the molecule is N[C@@H](CO)c1ccc(-n2cncn2)nc1. The number of aliphatic hydroxyl groups is 1. The highest BCUT2D eigenvalue weighted by atomic mass is 16.3. The minimum Gasteiger partial charge on any atom is -0.394 e. The summed E-state index contributed by atoms with van der Waals surface area (Å²) in [5.41, 5.74) is 6.43. The molecule has 0 amide bonds. The van der Waals surface area contributed by atoms with Crippen LogP contribution in [0.2, 0.25) is 0 Å². The van der Waals surface area contributed by atoms with Crippen LogP contribution >= 0.6 is 0 Å². The van der Waals surface area contributed by atoms with E-state index in [0.29, 0.717) is 5.82 Å². The second kappa shape index (κ2) is 4.16. The van der Waals surface area contributed by atoms with Crippen LogP contribution in [0.3, 0.4) is 0 Å². The van der Waals surface area contributed by atoms with Crippen molar-refractivity contribution < 1.29 is 5.11 Å². The van der Waals surface area contributed by atoms with Gasteiger partial charge in [-0.1, -0.05) is 6.07 Å². The van der Waals surface area contributed by atoms with E-state index in [0.717, 1.165) is 5.56 Å². The van der Waals surface area contributed by atoms with E-state index in [1.165, 1.54) is 6.33 Å². The van der Waals surface area contributed by atoms with Crippen molar-refractivity contribution in [1.29, 1.82) is 0 Å². The van der Waals surface area contributed by atoms with Crippen molar-refractivity contribution in [3.05, 3.63) is 36.5 Å². The van der Waals surface area contributed by atoms with Gasteiger partial charge in [0.05, 0.1) is 12.6 Å². The van der Waals surface area contributed by atoms with Crippen molar-refractivity contribution in [2.45, 2.75) is 6.04 Å². The zero-order chi connectivity index (χ0) is 10.7. The van der Waals surface area contributed by atoms with Gasteiger partial charge < -0.3 is 10.8 Å².